The van der Waals surface area contributed by atoms with E-state index in [9.17, 15) is 13.2 Å². The van der Waals surface area contributed by atoms with E-state index in [4.69, 9.17) is 4.74 Å². The molecule has 3 rings (SSSR count). The van der Waals surface area contributed by atoms with Gasteiger partial charge in [-0.1, -0.05) is 19.3 Å². The highest BCUT2D eigenvalue weighted by Gasteiger charge is 2.38. The van der Waals surface area contributed by atoms with Gasteiger partial charge in [-0.25, -0.2) is 0 Å². The normalized spacial score (nSPS) is 21.3. The summed E-state index contributed by atoms with van der Waals surface area (Å²) in [5.41, 5.74) is 1.56. The summed E-state index contributed by atoms with van der Waals surface area (Å²) in [5, 5.41) is 0. The third-order valence-corrected chi connectivity index (χ3v) is 4.96. The molecule has 2 aliphatic rings. The molecule has 1 saturated heterocycles. The lowest BCUT2D eigenvalue weighted by molar-refractivity contribution is -0.153. The SMILES string of the molecule is FC(F)(F)COc1ccc(N2CCC3(CCCCC3)C2)cc1. The van der Waals surface area contributed by atoms with Crippen LogP contribution in [0.1, 0.15) is 38.5 Å². The summed E-state index contributed by atoms with van der Waals surface area (Å²) in [6, 6.07) is 7.00. The van der Waals surface area contributed by atoms with Gasteiger partial charge in [-0.3, -0.25) is 0 Å². The largest absolute Gasteiger partial charge is 0.484 e. The van der Waals surface area contributed by atoms with E-state index in [1.807, 2.05) is 12.1 Å². The van der Waals surface area contributed by atoms with Gasteiger partial charge in [0.25, 0.3) is 0 Å². The third-order valence-electron chi connectivity index (χ3n) is 4.96. The first-order chi connectivity index (χ1) is 10.5. The average molecular weight is 313 g/mol. The molecule has 1 aliphatic heterocycles. The molecule has 1 heterocycles. The van der Waals surface area contributed by atoms with Gasteiger partial charge in [0.15, 0.2) is 6.61 Å². The summed E-state index contributed by atoms with van der Waals surface area (Å²) in [4.78, 5) is 2.36. The minimum atomic E-state index is -4.29. The Labute approximate surface area is 129 Å². The van der Waals surface area contributed by atoms with Crippen molar-refractivity contribution in [2.45, 2.75) is 44.7 Å². The van der Waals surface area contributed by atoms with Crippen LogP contribution in [0.3, 0.4) is 0 Å². The predicted octanol–water partition coefficient (Wildman–Crippen LogP) is 4.79. The third kappa shape index (κ3) is 3.68. The van der Waals surface area contributed by atoms with Crippen molar-refractivity contribution in [3.8, 4) is 5.75 Å². The molecule has 1 aromatic carbocycles. The topological polar surface area (TPSA) is 12.5 Å². The van der Waals surface area contributed by atoms with Crippen molar-refractivity contribution in [1.82, 2.24) is 0 Å². The van der Waals surface area contributed by atoms with Crippen molar-refractivity contribution < 1.29 is 17.9 Å². The summed E-state index contributed by atoms with van der Waals surface area (Å²) in [5.74, 6) is 0.271. The van der Waals surface area contributed by atoms with Crippen LogP contribution in [0.25, 0.3) is 0 Å². The molecule has 2 fully saturated rings. The van der Waals surface area contributed by atoms with Crippen LogP contribution >= 0.6 is 0 Å². The molecule has 122 valence electrons. The van der Waals surface area contributed by atoms with E-state index in [0.717, 1.165) is 18.8 Å². The molecular weight excluding hydrogens is 291 g/mol. The second kappa shape index (κ2) is 6.01. The molecule has 1 saturated carbocycles. The highest BCUT2D eigenvalue weighted by molar-refractivity contribution is 5.50. The number of anilines is 1. The molecule has 1 aliphatic carbocycles. The lowest BCUT2D eigenvalue weighted by Crippen LogP contribution is -2.29. The number of hydrogen-bond acceptors (Lipinski definition) is 2. The molecule has 2 nitrogen and oxygen atoms in total. The van der Waals surface area contributed by atoms with Crippen LogP contribution in [-0.4, -0.2) is 25.9 Å². The van der Waals surface area contributed by atoms with Gasteiger partial charge in [0, 0.05) is 18.8 Å². The predicted molar refractivity (Wildman–Crippen MR) is 80.3 cm³/mol. The van der Waals surface area contributed by atoms with Gasteiger partial charge in [0.05, 0.1) is 0 Å². The van der Waals surface area contributed by atoms with E-state index in [2.05, 4.69) is 4.90 Å². The van der Waals surface area contributed by atoms with Crippen LogP contribution in [0.15, 0.2) is 24.3 Å². The first-order valence-corrected chi connectivity index (χ1v) is 8.00. The molecule has 1 aromatic rings. The van der Waals surface area contributed by atoms with E-state index in [1.165, 1.54) is 38.5 Å². The molecule has 1 spiro atoms. The van der Waals surface area contributed by atoms with Crippen LogP contribution in [0.5, 0.6) is 5.75 Å². The number of hydrogen-bond donors (Lipinski definition) is 0. The molecule has 22 heavy (non-hydrogen) atoms. The Morgan fingerprint density at radius 3 is 2.32 bits per heavy atom. The van der Waals surface area contributed by atoms with Gasteiger partial charge < -0.3 is 9.64 Å². The fourth-order valence-corrected chi connectivity index (χ4v) is 3.78. The first-order valence-electron chi connectivity index (χ1n) is 8.00. The zero-order chi connectivity index (χ0) is 15.6. The molecule has 0 bridgehead atoms. The quantitative estimate of drug-likeness (QED) is 0.795. The second-order valence-electron chi connectivity index (χ2n) is 6.63. The maximum Gasteiger partial charge on any atom is 0.422 e. The summed E-state index contributed by atoms with van der Waals surface area (Å²) >= 11 is 0. The van der Waals surface area contributed by atoms with Crippen molar-refractivity contribution >= 4 is 5.69 Å². The Bertz CT molecular complexity index is 492. The van der Waals surface area contributed by atoms with Crippen molar-refractivity contribution in [3.05, 3.63) is 24.3 Å². The number of halogens is 3. The lowest BCUT2D eigenvalue weighted by Gasteiger charge is -2.33. The van der Waals surface area contributed by atoms with Crippen molar-refractivity contribution in [1.29, 1.82) is 0 Å². The van der Waals surface area contributed by atoms with E-state index in [0.29, 0.717) is 5.41 Å². The zero-order valence-electron chi connectivity index (χ0n) is 12.7. The average Bonchev–Trinajstić information content (AvgIpc) is 2.89. The van der Waals surface area contributed by atoms with Crippen LogP contribution in [-0.2, 0) is 0 Å². The minimum Gasteiger partial charge on any atom is -0.484 e. The van der Waals surface area contributed by atoms with E-state index in [1.54, 1.807) is 12.1 Å². The fraction of sp³-hybridized carbons (Fsp3) is 0.647. The Balaban J connectivity index is 1.59. The number of benzene rings is 1. The number of alkyl halides is 3. The zero-order valence-corrected chi connectivity index (χ0v) is 12.7. The van der Waals surface area contributed by atoms with E-state index in [-0.39, 0.29) is 5.75 Å². The molecule has 0 radical (unpaired) electrons. The standard InChI is InChI=1S/C17H22F3NO/c18-17(19,20)13-22-15-6-4-14(5-7-15)21-11-10-16(12-21)8-2-1-3-9-16/h4-7H,1-3,8-13H2. The smallest absolute Gasteiger partial charge is 0.422 e. The maximum absolute atomic E-state index is 12.1. The van der Waals surface area contributed by atoms with Crippen LogP contribution in [0.4, 0.5) is 18.9 Å². The van der Waals surface area contributed by atoms with Crippen LogP contribution in [0, 0.1) is 5.41 Å². The molecule has 0 unspecified atom stereocenters. The van der Waals surface area contributed by atoms with Gasteiger partial charge in [0.1, 0.15) is 5.75 Å². The van der Waals surface area contributed by atoms with Crippen molar-refractivity contribution in [3.63, 3.8) is 0 Å². The van der Waals surface area contributed by atoms with Crippen LogP contribution in [0.2, 0.25) is 0 Å². The summed E-state index contributed by atoms with van der Waals surface area (Å²) < 4.78 is 41.2. The number of ether oxygens (including phenoxy) is 1. The Morgan fingerprint density at radius 2 is 1.68 bits per heavy atom. The van der Waals surface area contributed by atoms with Gasteiger partial charge in [0.2, 0.25) is 0 Å². The number of nitrogens with zero attached hydrogens (tertiary/aromatic N) is 1. The van der Waals surface area contributed by atoms with Gasteiger partial charge >= 0.3 is 6.18 Å². The molecule has 0 aromatic heterocycles. The highest BCUT2D eigenvalue weighted by Crippen LogP contribution is 2.44. The van der Waals surface area contributed by atoms with Gasteiger partial charge in [-0.05, 0) is 48.9 Å². The molecule has 0 N–H and O–H groups in total. The summed E-state index contributed by atoms with van der Waals surface area (Å²) in [6.45, 7) is 0.887. The Hall–Kier alpha value is -1.39. The Morgan fingerprint density at radius 1 is 1.00 bits per heavy atom. The van der Waals surface area contributed by atoms with E-state index >= 15 is 0 Å². The number of rotatable bonds is 3. The van der Waals surface area contributed by atoms with Crippen molar-refractivity contribution in [2.24, 2.45) is 5.41 Å². The fourth-order valence-electron chi connectivity index (χ4n) is 3.78. The highest BCUT2D eigenvalue weighted by atomic mass is 19.4. The maximum atomic E-state index is 12.1. The second-order valence-corrected chi connectivity index (χ2v) is 6.63. The minimum absolute atomic E-state index is 0.271. The molecule has 5 heteroatoms. The van der Waals surface area contributed by atoms with Crippen molar-refractivity contribution in [2.75, 3.05) is 24.6 Å². The van der Waals surface area contributed by atoms with Gasteiger partial charge in [-0.2, -0.15) is 13.2 Å². The molecule has 0 amide bonds. The van der Waals surface area contributed by atoms with Crippen LogP contribution < -0.4 is 9.64 Å². The molecular formula is C17H22F3NO. The van der Waals surface area contributed by atoms with E-state index < -0.39 is 12.8 Å². The lowest BCUT2D eigenvalue weighted by atomic mass is 9.73. The summed E-state index contributed by atoms with van der Waals surface area (Å²) in [6.07, 6.45) is 3.59. The Kier molecular flexibility index (Phi) is 4.24. The summed E-state index contributed by atoms with van der Waals surface area (Å²) in [7, 11) is 0. The van der Waals surface area contributed by atoms with Gasteiger partial charge in [-0.15, -0.1) is 0 Å². The first kappa shape index (κ1) is 15.5. The molecule has 0 atom stereocenters. The monoisotopic (exact) mass is 313 g/mol.